The van der Waals surface area contributed by atoms with Crippen molar-refractivity contribution in [3.05, 3.63) is 53.1 Å². The summed E-state index contributed by atoms with van der Waals surface area (Å²) in [7, 11) is 0. The van der Waals surface area contributed by atoms with Crippen molar-refractivity contribution >= 4 is 17.6 Å². The van der Waals surface area contributed by atoms with Gasteiger partial charge < -0.3 is 19.5 Å². The number of benzene rings is 2. The molecular weight excluding hydrogens is 310 g/mol. The number of ether oxygens (including phenoxy) is 3. The fraction of sp³-hybridized carbons (Fsp3) is 0.222. The van der Waals surface area contributed by atoms with Crippen molar-refractivity contribution in [2.45, 2.75) is 13.8 Å². The van der Waals surface area contributed by atoms with Crippen molar-refractivity contribution in [2.75, 3.05) is 18.7 Å². The number of carbonyl (C=O) groups excluding carboxylic acids is 2. The van der Waals surface area contributed by atoms with Gasteiger partial charge in [0.1, 0.15) is 0 Å². The minimum atomic E-state index is -0.517. The van der Waals surface area contributed by atoms with Crippen molar-refractivity contribution in [1.82, 2.24) is 0 Å². The van der Waals surface area contributed by atoms with Crippen LogP contribution in [0.2, 0.25) is 0 Å². The molecule has 0 aliphatic carbocycles. The van der Waals surface area contributed by atoms with E-state index >= 15 is 0 Å². The van der Waals surface area contributed by atoms with E-state index in [0.29, 0.717) is 22.7 Å². The largest absolute Gasteiger partial charge is 0.454 e. The number of aryl methyl sites for hydroxylation is 2. The lowest BCUT2D eigenvalue weighted by Crippen LogP contribution is -2.21. The van der Waals surface area contributed by atoms with Crippen LogP contribution in [-0.4, -0.2) is 25.3 Å². The number of rotatable bonds is 4. The summed E-state index contributed by atoms with van der Waals surface area (Å²) in [6, 6.07) is 10.6. The third-order valence-corrected chi connectivity index (χ3v) is 3.60. The highest BCUT2D eigenvalue weighted by molar-refractivity contribution is 5.96. The van der Waals surface area contributed by atoms with Crippen LogP contribution in [0.5, 0.6) is 11.5 Å². The Bertz CT molecular complexity index is 800. The quantitative estimate of drug-likeness (QED) is 0.874. The van der Waals surface area contributed by atoms with E-state index < -0.39 is 11.9 Å². The zero-order valence-corrected chi connectivity index (χ0v) is 13.4. The van der Waals surface area contributed by atoms with Gasteiger partial charge in [-0.1, -0.05) is 17.7 Å². The molecule has 24 heavy (non-hydrogen) atoms. The monoisotopic (exact) mass is 327 g/mol. The van der Waals surface area contributed by atoms with E-state index in [9.17, 15) is 9.59 Å². The van der Waals surface area contributed by atoms with Crippen LogP contribution in [0.15, 0.2) is 36.4 Å². The van der Waals surface area contributed by atoms with Crippen molar-refractivity contribution in [1.29, 1.82) is 0 Å². The average Bonchev–Trinajstić information content (AvgIpc) is 3.02. The van der Waals surface area contributed by atoms with Crippen molar-refractivity contribution in [3.63, 3.8) is 0 Å². The van der Waals surface area contributed by atoms with Gasteiger partial charge in [0, 0.05) is 11.8 Å². The molecule has 1 amide bonds. The second-order valence-corrected chi connectivity index (χ2v) is 5.51. The molecule has 6 nitrogen and oxygen atoms in total. The molecule has 0 saturated carbocycles. The summed E-state index contributed by atoms with van der Waals surface area (Å²) in [6.45, 7) is 3.52. The SMILES string of the molecule is Cc1ccc(C)c(C(=O)OCC(=O)Nc2ccc3c(c2)OCO3)c1. The lowest BCUT2D eigenvalue weighted by Gasteiger charge is -2.09. The van der Waals surface area contributed by atoms with E-state index in [1.807, 2.05) is 26.0 Å². The van der Waals surface area contributed by atoms with E-state index in [2.05, 4.69) is 5.32 Å². The summed E-state index contributed by atoms with van der Waals surface area (Å²) in [4.78, 5) is 24.0. The minimum absolute atomic E-state index is 0.167. The summed E-state index contributed by atoms with van der Waals surface area (Å²) >= 11 is 0. The number of esters is 1. The van der Waals surface area contributed by atoms with Gasteiger partial charge in [-0.2, -0.15) is 0 Å². The highest BCUT2D eigenvalue weighted by atomic mass is 16.7. The third-order valence-electron chi connectivity index (χ3n) is 3.60. The first kappa shape index (κ1) is 15.9. The van der Waals surface area contributed by atoms with Crippen LogP contribution >= 0.6 is 0 Å². The predicted molar refractivity (Wildman–Crippen MR) is 87.4 cm³/mol. The number of carbonyl (C=O) groups is 2. The van der Waals surface area contributed by atoms with Crippen LogP contribution in [0.4, 0.5) is 5.69 Å². The number of anilines is 1. The Morgan fingerprint density at radius 1 is 1.08 bits per heavy atom. The first-order valence-corrected chi connectivity index (χ1v) is 7.47. The predicted octanol–water partition coefficient (Wildman–Crippen LogP) is 2.83. The summed E-state index contributed by atoms with van der Waals surface area (Å²) in [6.07, 6.45) is 0. The fourth-order valence-electron chi connectivity index (χ4n) is 2.34. The third kappa shape index (κ3) is 3.48. The maximum absolute atomic E-state index is 12.1. The van der Waals surface area contributed by atoms with E-state index in [1.54, 1.807) is 24.3 Å². The van der Waals surface area contributed by atoms with Crippen LogP contribution < -0.4 is 14.8 Å². The van der Waals surface area contributed by atoms with Gasteiger partial charge in [-0.3, -0.25) is 4.79 Å². The molecule has 6 heteroatoms. The van der Waals surface area contributed by atoms with Crippen LogP contribution in [0, 0.1) is 13.8 Å². The molecule has 124 valence electrons. The molecule has 0 fully saturated rings. The van der Waals surface area contributed by atoms with Gasteiger partial charge in [-0.25, -0.2) is 4.79 Å². The molecule has 0 spiro atoms. The average molecular weight is 327 g/mol. The normalized spacial score (nSPS) is 11.9. The lowest BCUT2D eigenvalue weighted by molar-refractivity contribution is -0.119. The van der Waals surface area contributed by atoms with Gasteiger partial charge in [0.25, 0.3) is 5.91 Å². The number of hydrogen-bond acceptors (Lipinski definition) is 5. The van der Waals surface area contributed by atoms with Crippen molar-refractivity contribution < 1.29 is 23.8 Å². The van der Waals surface area contributed by atoms with Crippen LogP contribution in [-0.2, 0) is 9.53 Å². The first-order chi connectivity index (χ1) is 11.5. The molecule has 0 aromatic heterocycles. The molecule has 0 atom stereocenters. The lowest BCUT2D eigenvalue weighted by atomic mass is 10.1. The molecule has 3 rings (SSSR count). The summed E-state index contributed by atoms with van der Waals surface area (Å²) in [5, 5.41) is 2.65. The minimum Gasteiger partial charge on any atom is -0.454 e. The molecule has 0 bridgehead atoms. The van der Waals surface area contributed by atoms with Crippen LogP contribution in [0.3, 0.4) is 0 Å². The molecule has 1 aliphatic heterocycles. The highest BCUT2D eigenvalue weighted by Crippen LogP contribution is 2.34. The Morgan fingerprint density at radius 3 is 2.71 bits per heavy atom. The van der Waals surface area contributed by atoms with Gasteiger partial charge in [0.05, 0.1) is 5.56 Å². The summed E-state index contributed by atoms with van der Waals surface area (Å²) < 4.78 is 15.5. The van der Waals surface area contributed by atoms with Gasteiger partial charge in [0.2, 0.25) is 6.79 Å². The van der Waals surface area contributed by atoms with Crippen LogP contribution in [0.25, 0.3) is 0 Å². The number of hydrogen-bond donors (Lipinski definition) is 1. The summed E-state index contributed by atoms with van der Waals surface area (Å²) in [5.74, 6) is 0.263. The summed E-state index contributed by atoms with van der Waals surface area (Å²) in [5.41, 5.74) is 2.78. The highest BCUT2D eigenvalue weighted by Gasteiger charge is 2.16. The Kier molecular flexibility index (Phi) is 4.37. The maximum Gasteiger partial charge on any atom is 0.338 e. The molecule has 1 N–H and O–H groups in total. The van der Waals surface area contributed by atoms with Gasteiger partial charge in [-0.15, -0.1) is 0 Å². The second kappa shape index (κ2) is 6.62. The molecular formula is C18H17NO5. The Hall–Kier alpha value is -3.02. The molecule has 1 aliphatic rings. The van der Waals surface area contributed by atoms with Crippen molar-refractivity contribution in [2.24, 2.45) is 0 Å². The maximum atomic E-state index is 12.1. The Balaban J connectivity index is 1.57. The Labute approximate surface area is 139 Å². The van der Waals surface area contributed by atoms with Crippen LogP contribution in [0.1, 0.15) is 21.5 Å². The smallest absolute Gasteiger partial charge is 0.338 e. The first-order valence-electron chi connectivity index (χ1n) is 7.47. The zero-order valence-electron chi connectivity index (χ0n) is 13.4. The topological polar surface area (TPSA) is 73.9 Å². The van der Waals surface area contributed by atoms with E-state index in [1.165, 1.54) is 0 Å². The molecule has 0 unspecified atom stereocenters. The zero-order chi connectivity index (χ0) is 17.1. The molecule has 2 aromatic rings. The Morgan fingerprint density at radius 2 is 1.88 bits per heavy atom. The molecule has 2 aromatic carbocycles. The van der Waals surface area contributed by atoms with Gasteiger partial charge in [0.15, 0.2) is 18.1 Å². The van der Waals surface area contributed by atoms with Gasteiger partial charge >= 0.3 is 5.97 Å². The number of fused-ring (bicyclic) bond motifs is 1. The van der Waals surface area contributed by atoms with Gasteiger partial charge in [-0.05, 0) is 37.6 Å². The van der Waals surface area contributed by atoms with E-state index in [0.717, 1.165) is 11.1 Å². The number of nitrogens with one attached hydrogen (secondary N) is 1. The van der Waals surface area contributed by atoms with E-state index in [-0.39, 0.29) is 13.4 Å². The molecule has 0 saturated heterocycles. The molecule has 0 radical (unpaired) electrons. The standard InChI is InChI=1S/C18H17NO5/c1-11-3-4-12(2)14(7-11)18(21)22-9-17(20)19-13-5-6-15-16(8-13)24-10-23-15/h3-8H,9-10H2,1-2H3,(H,19,20). The van der Waals surface area contributed by atoms with E-state index in [4.69, 9.17) is 14.2 Å². The number of amides is 1. The van der Waals surface area contributed by atoms with Crippen molar-refractivity contribution in [3.8, 4) is 11.5 Å². The second-order valence-electron chi connectivity index (χ2n) is 5.51. The fourth-order valence-corrected chi connectivity index (χ4v) is 2.34. The molecule has 1 heterocycles.